The summed E-state index contributed by atoms with van der Waals surface area (Å²) in [4.78, 5) is 14.8. The molecule has 2 aromatic rings. The molecule has 0 radical (unpaired) electrons. The van der Waals surface area contributed by atoms with Gasteiger partial charge >= 0.3 is 0 Å². The second kappa shape index (κ2) is 7.17. The van der Waals surface area contributed by atoms with Crippen LogP contribution in [0, 0.1) is 13.8 Å². The lowest BCUT2D eigenvalue weighted by atomic mass is 10.0. The highest BCUT2D eigenvalue weighted by molar-refractivity contribution is 5.77. The number of hydrogen-bond donors (Lipinski definition) is 0. The van der Waals surface area contributed by atoms with Crippen LogP contribution in [0.4, 0.5) is 0 Å². The molecule has 1 aliphatic rings. The molecule has 1 atom stereocenters. The van der Waals surface area contributed by atoms with Crippen LogP contribution in [0.5, 0.6) is 11.5 Å². The molecule has 2 heterocycles. The fourth-order valence-corrected chi connectivity index (χ4v) is 3.54. The molecule has 1 saturated heterocycles. The van der Waals surface area contributed by atoms with Gasteiger partial charge in [-0.1, -0.05) is 0 Å². The SMILES string of the molecule is COc1ccc([C@@H]2CCCN2C(=O)Cn2nc(C)cc2C)c(OC)c1. The first kappa shape index (κ1) is 17.3. The number of benzene rings is 1. The van der Waals surface area contributed by atoms with Crippen molar-refractivity contribution < 1.29 is 14.3 Å². The van der Waals surface area contributed by atoms with E-state index in [0.717, 1.165) is 47.8 Å². The first-order valence-electron chi connectivity index (χ1n) is 8.56. The van der Waals surface area contributed by atoms with Gasteiger partial charge in [0.05, 0.1) is 26.0 Å². The van der Waals surface area contributed by atoms with Crippen LogP contribution in [0.2, 0.25) is 0 Å². The molecule has 0 aliphatic carbocycles. The predicted molar refractivity (Wildman–Crippen MR) is 94.9 cm³/mol. The van der Waals surface area contributed by atoms with Crippen LogP contribution >= 0.6 is 0 Å². The van der Waals surface area contributed by atoms with Crippen molar-refractivity contribution in [1.29, 1.82) is 0 Å². The van der Waals surface area contributed by atoms with Gasteiger partial charge in [-0.3, -0.25) is 9.48 Å². The van der Waals surface area contributed by atoms with E-state index in [1.165, 1.54) is 0 Å². The number of likely N-dealkylation sites (tertiary alicyclic amines) is 1. The van der Waals surface area contributed by atoms with Gasteiger partial charge in [0.15, 0.2) is 0 Å². The van der Waals surface area contributed by atoms with Crippen molar-refractivity contribution in [1.82, 2.24) is 14.7 Å². The van der Waals surface area contributed by atoms with Crippen LogP contribution in [0.3, 0.4) is 0 Å². The molecule has 25 heavy (non-hydrogen) atoms. The van der Waals surface area contributed by atoms with E-state index in [2.05, 4.69) is 5.10 Å². The van der Waals surface area contributed by atoms with E-state index in [1.807, 2.05) is 43.0 Å². The molecule has 0 saturated carbocycles. The van der Waals surface area contributed by atoms with E-state index in [0.29, 0.717) is 0 Å². The van der Waals surface area contributed by atoms with Crippen LogP contribution in [0.15, 0.2) is 24.3 Å². The number of carbonyl (C=O) groups excluding carboxylic acids is 1. The van der Waals surface area contributed by atoms with Gasteiger partial charge in [0, 0.05) is 23.9 Å². The molecular formula is C19H25N3O3. The molecule has 1 aliphatic heterocycles. The molecule has 1 fully saturated rings. The monoisotopic (exact) mass is 343 g/mol. The minimum Gasteiger partial charge on any atom is -0.497 e. The van der Waals surface area contributed by atoms with Crippen molar-refractivity contribution >= 4 is 5.91 Å². The summed E-state index contributed by atoms with van der Waals surface area (Å²) >= 11 is 0. The highest BCUT2D eigenvalue weighted by atomic mass is 16.5. The van der Waals surface area contributed by atoms with E-state index < -0.39 is 0 Å². The molecule has 0 N–H and O–H groups in total. The standard InChI is InChI=1S/C19H25N3O3/c1-13-10-14(2)22(20-13)12-19(23)21-9-5-6-17(21)16-8-7-15(24-3)11-18(16)25-4/h7-8,10-11,17H,5-6,9,12H2,1-4H3/t17-/m0/s1. The second-order valence-corrected chi connectivity index (χ2v) is 6.44. The number of methoxy groups -OCH3 is 2. The number of carbonyl (C=O) groups is 1. The zero-order chi connectivity index (χ0) is 18.0. The number of amides is 1. The molecular weight excluding hydrogens is 318 g/mol. The van der Waals surface area contributed by atoms with Crippen LogP contribution in [-0.2, 0) is 11.3 Å². The number of ether oxygens (including phenoxy) is 2. The van der Waals surface area contributed by atoms with Gasteiger partial charge in [-0.25, -0.2) is 0 Å². The Morgan fingerprint density at radius 1 is 1.24 bits per heavy atom. The maximum atomic E-state index is 12.9. The Morgan fingerprint density at radius 2 is 2.04 bits per heavy atom. The third-order valence-electron chi connectivity index (χ3n) is 4.76. The van der Waals surface area contributed by atoms with Crippen molar-refractivity contribution in [2.75, 3.05) is 20.8 Å². The van der Waals surface area contributed by atoms with Gasteiger partial charge in [0.25, 0.3) is 0 Å². The summed E-state index contributed by atoms with van der Waals surface area (Å²) in [6.07, 6.45) is 1.92. The summed E-state index contributed by atoms with van der Waals surface area (Å²) in [6.45, 7) is 4.95. The Morgan fingerprint density at radius 3 is 2.68 bits per heavy atom. The summed E-state index contributed by atoms with van der Waals surface area (Å²) in [5.41, 5.74) is 2.96. The van der Waals surface area contributed by atoms with Gasteiger partial charge in [-0.2, -0.15) is 5.10 Å². The highest BCUT2D eigenvalue weighted by Gasteiger charge is 2.32. The van der Waals surface area contributed by atoms with Crippen LogP contribution in [-0.4, -0.2) is 41.4 Å². The lowest BCUT2D eigenvalue weighted by molar-refractivity contribution is -0.133. The van der Waals surface area contributed by atoms with Gasteiger partial charge in [0.1, 0.15) is 18.0 Å². The number of hydrogen-bond acceptors (Lipinski definition) is 4. The zero-order valence-corrected chi connectivity index (χ0v) is 15.3. The number of nitrogens with zero attached hydrogens (tertiary/aromatic N) is 3. The third-order valence-corrected chi connectivity index (χ3v) is 4.76. The van der Waals surface area contributed by atoms with E-state index in [1.54, 1.807) is 18.9 Å². The lowest BCUT2D eigenvalue weighted by Crippen LogP contribution is -2.34. The Kier molecular flexibility index (Phi) is 4.97. The van der Waals surface area contributed by atoms with E-state index in [-0.39, 0.29) is 18.5 Å². The van der Waals surface area contributed by atoms with Crippen molar-refractivity contribution in [3.8, 4) is 11.5 Å². The lowest BCUT2D eigenvalue weighted by Gasteiger charge is -2.26. The summed E-state index contributed by atoms with van der Waals surface area (Å²) in [5.74, 6) is 1.60. The summed E-state index contributed by atoms with van der Waals surface area (Å²) in [6, 6.07) is 7.81. The Balaban J connectivity index is 1.83. The molecule has 6 nitrogen and oxygen atoms in total. The number of aryl methyl sites for hydroxylation is 2. The van der Waals surface area contributed by atoms with Gasteiger partial charge in [-0.15, -0.1) is 0 Å². The van der Waals surface area contributed by atoms with E-state index in [9.17, 15) is 4.79 Å². The van der Waals surface area contributed by atoms with Crippen molar-refractivity contribution in [2.45, 2.75) is 39.3 Å². The largest absolute Gasteiger partial charge is 0.497 e. The average Bonchev–Trinajstić information content (AvgIpc) is 3.20. The average molecular weight is 343 g/mol. The minimum absolute atomic E-state index is 0.0327. The highest BCUT2D eigenvalue weighted by Crippen LogP contribution is 2.38. The summed E-state index contributed by atoms with van der Waals surface area (Å²) in [7, 11) is 3.28. The zero-order valence-electron chi connectivity index (χ0n) is 15.3. The molecule has 134 valence electrons. The quantitative estimate of drug-likeness (QED) is 0.838. The number of rotatable bonds is 5. The normalized spacial score (nSPS) is 17.0. The Labute approximate surface area is 148 Å². The van der Waals surface area contributed by atoms with Crippen LogP contribution < -0.4 is 9.47 Å². The van der Waals surface area contributed by atoms with Gasteiger partial charge in [0.2, 0.25) is 5.91 Å². The second-order valence-electron chi connectivity index (χ2n) is 6.44. The first-order valence-corrected chi connectivity index (χ1v) is 8.56. The summed E-state index contributed by atoms with van der Waals surface area (Å²) < 4.78 is 12.6. The molecule has 0 spiro atoms. The molecule has 6 heteroatoms. The molecule has 0 unspecified atom stereocenters. The van der Waals surface area contributed by atoms with Crippen molar-refractivity contribution in [3.05, 3.63) is 41.2 Å². The van der Waals surface area contributed by atoms with Crippen molar-refractivity contribution in [2.24, 2.45) is 0 Å². The minimum atomic E-state index is 0.0327. The van der Waals surface area contributed by atoms with Crippen LogP contribution in [0.1, 0.15) is 35.8 Å². The Bertz CT molecular complexity index is 769. The molecule has 1 amide bonds. The van der Waals surface area contributed by atoms with Crippen molar-refractivity contribution in [3.63, 3.8) is 0 Å². The molecule has 3 rings (SSSR count). The first-order chi connectivity index (χ1) is 12.0. The van der Waals surface area contributed by atoms with Crippen LogP contribution in [0.25, 0.3) is 0 Å². The molecule has 1 aromatic carbocycles. The van der Waals surface area contributed by atoms with E-state index in [4.69, 9.17) is 9.47 Å². The maximum absolute atomic E-state index is 12.9. The fraction of sp³-hybridized carbons (Fsp3) is 0.474. The summed E-state index contributed by atoms with van der Waals surface area (Å²) in [5, 5.41) is 4.40. The number of aromatic nitrogens is 2. The maximum Gasteiger partial charge on any atom is 0.244 e. The Hall–Kier alpha value is -2.50. The smallest absolute Gasteiger partial charge is 0.244 e. The predicted octanol–water partition coefficient (Wildman–Crippen LogP) is 2.88. The molecule has 1 aromatic heterocycles. The molecule has 0 bridgehead atoms. The van der Waals surface area contributed by atoms with Gasteiger partial charge < -0.3 is 14.4 Å². The fourth-order valence-electron chi connectivity index (χ4n) is 3.54. The van der Waals surface area contributed by atoms with E-state index >= 15 is 0 Å². The topological polar surface area (TPSA) is 56.6 Å². The third kappa shape index (κ3) is 3.48. The van der Waals surface area contributed by atoms with Gasteiger partial charge in [-0.05, 0) is 44.9 Å².